The van der Waals surface area contributed by atoms with Crippen molar-refractivity contribution < 1.29 is 18.7 Å². The number of carbonyl (C=O) groups excluding carboxylic acids is 2. The topological polar surface area (TPSA) is 68.3 Å². The standard InChI is InChI=1S/C15H13FN2O2.C2H6O.C2H6/c1-10(9-19)11-2-7-14(17-8-11)15(20)18-13-5-3-12(16)4-6-13;1-3-2;1-2/h2-10H,1H3,(H,18,20);1-2H3;1-2H3. The highest BCUT2D eigenvalue weighted by molar-refractivity contribution is 6.02. The van der Waals surface area contributed by atoms with Crippen LogP contribution in [0.5, 0.6) is 0 Å². The van der Waals surface area contributed by atoms with Gasteiger partial charge in [-0.2, -0.15) is 0 Å². The van der Waals surface area contributed by atoms with E-state index < -0.39 is 0 Å². The molecule has 5 nitrogen and oxygen atoms in total. The summed E-state index contributed by atoms with van der Waals surface area (Å²) in [5.41, 5.74) is 1.47. The van der Waals surface area contributed by atoms with Gasteiger partial charge in [0, 0.05) is 32.0 Å². The Hall–Kier alpha value is -2.60. The lowest BCUT2D eigenvalue weighted by Crippen LogP contribution is -2.13. The van der Waals surface area contributed by atoms with Gasteiger partial charge in [-0.15, -0.1) is 0 Å². The monoisotopic (exact) mass is 348 g/mol. The van der Waals surface area contributed by atoms with Gasteiger partial charge in [0.25, 0.3) is 5.91 Å². The molecule has 0 spiro atoms. The number of pyridine rings is 1. The number of hydrogen-bond acceptors (Lipinski definition) is 4. The molecule has 2 aromatic rings. The van der Waals surface area contributed by atoms with E-state index in [2.05, 4.69) is 15.0 Å². The van der Waals surface area contributed by atoms with E-state index in [0.717, 1.165) is 11.8 Å². The van der Waals surface area contributed by atoms with Crippen molar-refractivity contribution in [2.45, 2.75) is 26.7 Å². The third-order valence-electron chi connectivity index (χ3n) is 2.85. The van der Waals surface area contributed by atoms with Crippen molar-refractivity contribution in [3.63, 3.8) is 0 Å². The molecule has 0 bridgehead atoms. The smallest absolute Gasteiger partial charge is 0.274 e. The van der Waals surface area contributed by atoms with Gasteiger partial charge in [-0.1, -0.05) is 26.8 Å². The number of rotatable bonds is 4. The lowest BCUT2D eigenvalue weighted by atomic mass is 10.1. The van der Waals surface area contributed by atoms with Crippen molar-refractivity contribution in [3.8, 4) is 0 Å². The lowest BCUT2D eigenvalue weighted by molar-refractivity contribution is -0.108. The van der Waals surface area contributed by atoms with Crippen molar-refractivity contribution in [3.05, 3.63) is 59.7 Å². The van der Waals surface area contributed by atoms with Crippen LogP contribution in [0.1, 0.15) is 42.7 Å². The molecule has 0 fully saturated rings. The van der Waals surface area contributed by atoms with E-state index in [1.807, 2.05) is 13.8 Å². The third kappa shape index (κ3) is 8.17. The molecule has 1 unspecified atom stereocenters. The number of nitrogens with one attached hydrogen (secondary N) is 1. The summed E-state index contributed by atoms with van der Waals surface area (Å²) in [6.07, 6.45) is 2.31. The van der Waals surface area contributed by atoms with Crippen LogP contribution in [0.15, 0.2) is 42.6 Å². The number of halogens is 1. The normalized spacial score (nSPS) is 10.3. The van der Waals surface area contributed by atoms with Gasteiger partial charge in [0.1, 0.15) is 17.8 Å². The summed E-state index contributed by atoms with van der Waals surface area (Å²) < 4.78 is 17.0. The predicted molar refractivity (Wildman–Crippen MR) is 97.4 cm³/mol. The minimum Gasteiger partial charge on any atom is -0.388 e. The molecule has 136 valence electrons. The van der Waals surface area contributed by atoms with Crippen molar-refractivity contribution in [1.82, 2.24) is 4.98 Å². The Balaban J connectivity index is 0.00000104. The van der Waals surface area contributed by atoms with Crippen molar-refractivity contribution in [2.75, 3.05) is 19.5 Å². The molecule has 0 aliphatic carbocycles. The van der Waals surface area contributed by atoms with Crippen molar-refractivity contribution in [1.29, 1.82) is 0 Å². The van der Waals surface area contributed by atoms with Crippen LogP contribution >= 0.6 is 0 Å². The average molecular weight is 348 g/mol. The maximum absolute atomic E-state index is 12.7. The Morgan fingerprint density at radius 1 is 1.16 bits per heavy atom. The first-order valence-corrected chi connectivity index (χ1v) is 7.90. The van der Waals surface area contributed by atoms with Gasteiger partial charge in [0.2, 0.25) is 0 Å². The number of aromatic nitrogens is 1. The second kappa shape index (κ2) is 12.8. The van der Waals surface area contributed by atoms with Crippen LogP contribution < -0.4 is 5.32 Å². The minimum atomic E-state index is -0.387. The molecule has 1 aromatic heterocycles. The summed E-state index contributed by atoms with van der Waals surface area (Å²) in [4.78, 5) is 26.6. The first-order chi connectivity index (χ1) is 12.0. The molecule has 1 heterocycles. The average Bonchev–Trinajstić information content (AvgIpc) is 2.65. The summed E-state index contributed by atoms with van der Waals surface area (Å²) >= 11 is 0. The summed E-state index contributed by atoms with van der Waals surface area (Å²) in [6.45, 7) is 5.75. The van der Waals surface area contributed by atoms with Crippen LogP contribution in [-0.4, -0.2) is 31.4 Å². The SMILES string of the molecule is CC.CC(C=O)c1ccc(C(=O)Nc2ccc(F)cc2)nc1.COC. The molecule has 1 atom stereocenters. The molecular weight excluding hydrogens is 323 g/mol. The summed E-state index contributed by atoms with van der Waals surface area (Å²) in [5, 5.41) is 2.61. The molecule has 25 heavy (non-hydrogen) atoms. The van der Waals surface area contributed by atoms with Gasteiger partial charge in [0.15, 0.2) is 0 Å². The quantitative estimate of drug-likeness (QED) is 0.846. The lowest BCUT2D eigenvalue weighted by Gasteiger charge is -2.06. The molecular formula is C19H25FN2O3. The number of carbonyl (C=O) groups is 2. The molecule has 1 N–H and O–H groups in total. The van der Waals surface area contributed by atoms with Crippen LogP contribution in [0.3, 0.4) is 0 Å². The molecule has 0 radical (unpaired) electrons. The Labute approximate surface area is 148 Å². The third-order valence-corrected chi connectivity index (χ3v) is 2.85. The number of hydrogen-bond donors (Lipinski definition) is 1. The Morgan fingerprint density at radius 2 is 1.72 bits per heavy atom. The number of nitrogens with zero attached hydrogens (tertiary/aromatic N) is 1. The zero-order chi connectivity index (χ0) is 19.2. The van der Waals surface area contributed by atoms with E-state index in [-0.39, 0.29) is 23.3 Å². The zero-order valence-corrected chi connectivity index (χ0v) is 15.2. The number of methoxy groups -OCH3 is 1. The number of benzene rings is 1. The maximum Gasteiger partial charge on any atom is 0.274 e. The molecule has 6 heteroatoms. The van der Waals surface area contributed by atoms with Crippen molar-refractivity contribution >= 4 is 17.9 Å². The summed E-state index contributed by atoms with van der Waals surface area (Å²) in [6, 6.07) is 8.70. The second-order valence-electron chi connectivity index (χ2n) is 4.77. The second-order valence-corrected chi connectivity index (χ2v) is 4.77. The minimum absolute atomic E-state index is 0.233. The number of amides is 1. The van der Waals surface area contributed by atoms with Crippen LogP contribution in [0, 0.1) is 5.82 Å². The van der Waals surface area contributed by atoms with E-state index in [4.69, 9.17) is 0 Å². The van der Waals surface area contributed by atoms with E-state index in [1.54, 1.807) is 33.3 Å². The molecule has 2 rings (SSSR count). The summed E-state index contributed by atoms with van der Waals surface area (Å²) in [7, 11) is 3.25. The molecule has 0 aliphatic heterocycles. The van der Waals surface area contributed by atoms with E-state index >= 15 is 0 Å². The number of aldehydes is 1. The van der Waals surface area contributed by atoms with E-state index in [1.165, 1.54) is 30.5 Å². The maximum atomic E-state index is 12.7. The molecule has 0 aliphatic rings. The predicted octanol–water partition coefficient (Wildman–Crippen LogP) is 4.06. The molecule has 1 amide bonds. The highest BCUT2D eigenvalue weighted by Crippen LogP contribution is 2.13. The first kappa shape index (κ1) is 22.4. The first-order valence-electron chi connectivity index (χ1n) is 7.90. The van der Waals surface area contributed by atoms with Gasteiger partial charge in [-0.25, -0.2) is 4.39 Å². The highest BCUT2D eigenvalue weighted by Gasteiger charge is 2.09. The van der Waals surface area contributed by atoms with Crippen LogP contribution in [0.4, 0.5) is 10.1 Å². The van der Waals surface area contributed by atoms with Crippen LogP contribution in [0.2, 0.25) is 0 Å². The fraction of sp³-hybridized carbons (Fsp3) is 0.316. The number of ether oxygens (including phenoxy) is 1. The van der Waals surface area contributed by atoms with E-state index in [0.29, 0.717) is 5.69 Å². The Kier molecular flexibility index (Phi) is 11.4. The Morgan fingerprint density at radius 3 is 2.16 bits per heavy atom. The highest BCUT2D eigenvalue weighted by atomic mass is 19.1. The fourth-order valence-corrected chi connectivity index (χ4v) is 1.62. The largest absolute Gasteiger partial charge is 0.388 e. The number of anilines is 1. The Bertz CT molecular complexity index is 628. The van der Waals surface area contributed by atoms with Gasteiger partial charge < -0.3 is 14.8 Å². The zero-order valence-electron chi connectivity index (χ0n) is 15.2. The van der Waals surface area contributed by atoms with Gasteiger partial charge >= 0.3 is 0 Å². The fourth-order valence-electron chi connectivity index (χ4n) is 1.62. The van der Waals surface area contributed by atoms with E-state index in [9.17, 15) is 14.0 Å². The van der Waals surface area contributed by atoms with Gasteiger partial charge in [0.05, 0.1) is 0 Å². The molecule has 0 saturated heterocycles. The van der Waals surface area contributed by atoms with Crippen LogP contribution in [0.25, 0.3) is 0 Å². The molecule has 0 saturated carbocycles. The summed E-state index contributed by atoms with van der Waals surface area (Å²) in [5.74, 6) is -1.01. The van der Waals surface area contributed by atoms with Crippen molar-refractivity contribution in [2.24, 2.45) is 0 Å². The van der Waals surface area contributed by atoms with Gasteiger partial charge in [-0.05, 0) is 35.9 Å². The van der Waals surface area contributed by atoms with Gasteiger partial charge in [-0.3, -0.25) is 9.78 Å². The molecule has 1 aromatic carbocycles. The van der Waals surface area contributed by atoms with Crippen LogP contribution in [-0.2, 0) is 9.53 Å².